The van der Waals surface area contributed by atoms with Gasteiger partial charge in [-0.05, 0) is 42.0 Å². The maximum atomic E-state index is 5.92. The third kappa shape index (κ3) is 4.84. The topological polar surface area (TPSA) is 24.9 Å². The van der Waals surface area contributed by atoms with Crippen LogP contribution in [0.3, 0.4) is 0 Å². The van der Waals surface area contributed by atoms with Gasteiger partial charge in [-0.3, -0.25) is 4.98 Å². The van der Waals surface area contributed by atoms with Crippen LogP contribution in [0.2, 0.25) is 5.02 Å². The van der Waals surface area contributed by atoms with E-state index in [-0.39, 0.29) is 6.04 Å². The molecule has 2 aromatic carbocycles. The lowest BCUT2D eigenvalue weighted by molar-refractivity contribution is 0.619. The molecule has 0 saturated heterocycles. The Labute approximate surface area is 152 Å². The van der Waals surface area contributed by atoms with E-state index >= 15 is 0 Å². The molecule has 2 nitrogen and oxygen atoms in total. The zero-order valence-electron chi connectivity index (χ0n) is 13.2. The van der Waals surface area contributed by atoms with E-state index in [9.17, 15) is 0 Å². The third-order valence-electron chi connectivity index (χ3n) is 3.65. The second-order valence-corrected chi connectivity index (χ2v) is 6.96. The molecule has 1 N–H and O–H groups in total. The molecule has 0 spiro atoms. The smallest absolute Gasteiger partial charge is 0.0751 e. The van der Waals surface area contributed by atoms with E-state index in [4.69, 9.17) is 11.6 Å². The van der Waals surface area contributed by atoms with Gasteiger partial charge in [0.15, 0.2) is 0 Å². The first-order chi connectivity index (χ1) is 11.8. The fraction of sp³-hybridized carbons (Fsp3) is 0.150. The molecule has 1 heterocycles. The summed E-state index contributed by atoms with van der Waals surface area (Å²) in [4.78, 5) is 5.75. The first-order valence-electron chi connectivity index (χ1n) is 7.90. The molecular weight excluding hydrogens is 336 g/mol. The summed E-state index contributed by atoms with van der Waals surface area (Å²) in [7, 11) is 0. The zero-order chi connectivity index (χ0) is 16.6. The molecule has 0 amide bonds. The highest BCUT2D eigenvalue weighted by Gasteiger charge is 2.13. The Bertz CT molecular complexity index is 693. The van der Waals surface area contributed by atoms with E-state index in [0.29, 0.717) is 0 Å². The van der Waals surface area contributed by atoms with Gasteiger partial charge in [-0.15, -0.1) is 11.8 Å². The normalized spacial score (nSPS) is 12.0. The van der Waals surface area contributed by atoms with E-state index < -0.39 is 0 Å². The number of aromatic nitrogens is 1. The number of thioether (sulfide) groups is 1. The van der Waals surface area contributed by atoms with Crippen molar-refractivity contribution in [1.82, 2.24) is 10.3 Å². The molecule has 3 rings (SSSR count). The van der Waals surface area contributed by atoms with Gasteiger partial charge in [0.05, 0.1) is 11.7 Å². The molecule has 0 aliphatic carbocycles. The van der Waals surface area contributed by atoms with Crippen molar-refractivity contribution in [3.05, 3.63) is 95.3 Å². The number of nitrogens with one attached hydrogen (secondary N) is 1. The van der Waals surface area contributed by atoms with Crippen molar-refractivity contribution in [2.75, 3.05) is 12.3 Å². The Hall–Kier alpha value is -1.81. The van der Waals surface area contributed by atoms with Crippen molar-refractivity contribution in [3.8, 4) is 0 Å². The summed E-state index contributed by atoms with van der Waals surface area (Å²) < 4.78 is 0. The summed E-state index contributed by atoms with van der Waals surface area (Å²) >= 11 is 7.74. The van der Waals surface area contributed by atoms with E-state index in [2.05, 4.69) is 52.8 Å². The number of nitrogens with zero attached hydrogens (tertiary/aromatic N) is 1. The minimum Gasteiger partial charge on any atom is -0.304 e. The largest absolute Gasteiger partial charge is 0.304 e. The lowest BCUT2D eigenvalue weighted by Crippen LogP contribution is -2.25. The second kappa shape index (κ2) is 8.88. The number of halogens is 1. The van der Waals surface area contributed by atoms with Crippen LogP contribution in [0.1, 0.15) is 17.3 Å². The quantitative estimate of drug-likeness (QED) is 0.466. The van der Waals surface area contributed by atoms with Crippen LogP contribution in [0.5, 0.6) is 0 Å². The molecule has 1 atom stereocenters. The fourth-order valence-electron chi connectivity index (χ4n) is 2.49. The van der Waals surface area contributed by atoms with Crippen LogP contribution in [0.25, 0.3) is 0 Å². The SMILES string of the molecule is Clc1ccc(SCCNC(c2ccccc2)c2ccccn2)cc1. The van der Waals surface area contributed by atoms with Crippen molar-refractivity contribution in [2.45, 2.75) is 10.9 Å². The molecule has 0 bridgehead atoms. The number of benzene rings is 2. The highest BCUT2D eigenvalue weighted by molar-refractivity contribution is 7.99. The zero-order valence-corrected chi connectivity index (χ0v) is 14.8. The van der Waals surface area contributed by atoms with Crippen LogP contribution in [0, 0.1) is 0 Å². The summed E-state index contributed by atoms with van der Waals surface area (Å²) in [5, 5.41) is 4.40. The summed E-state index contributed by atoms with van der Waals surface area (Å²) in [5.41, 5.74) is 2.27. The number of pyridine rings is 1. The van der Waals surface area contributed by atoms with Gasteiger partial charge in [-0.25, -0.2) is 0 Å². The summed E-state index contributed by atoms with van der Waals surface area (Å²) in [5.74, 6) is 0.984. The molecule has 122 valence electrons. The van der Waals surface area contributed by atoms with Crippen molar-refractivity contribution in [1.29, 1.82) is 0 Å². The molecule has 0 fully saturated rings. The highest BCUT2D eigenvalue weighted by atomic mass is 35.5. The predicted molar refractivity (Wildman–Crippen MR) is 103 cm³/mol. The van der Waals surface area contributed by atoms with Gasteiger partial charge in [0, 0.05) is 28.4 Å². The highest BCUT2D eigenvalue weighted by Crippen LogP contribution is 2.22. The first-order valence-corrected chi connectivity index (χ1v) is 9.27. The number of rotatable bonds is 7. The first kappa shape index (κ1) is 17.0. The summed E-state index contributed by atoms with van der Waals surface area (Å²) in [6.07, 6.45) is 1.84. The Balaban J connectivity index is 1.61. The molecule has 0 saturated carbocycles. The second-order valence-electron chi connectivity index (χ2n) is 5.35. The van der Waals surface area contributed by atoms with Crippen molar-refractivity contribution < 1.29 is 0 Å². The van der Waals surface area contributed by atoms with E-state index in [1.54, 1.807) is 0 Å². The average molecular weight is 355 g/mol. The van der Waals surface area contributed by atoms with E-state index in [1.165, 1.54) is 10.5 Å². The number of hydrogen-bond donors (Lipinski definition) is 1. The van der Waals surface area contributed by atoms with Crippen molar-refractivity contribution in [3.63, 3.8) is 0 Å². The minimum atomic E-state index is 0.109. The molecule has 0 aliphatic heterocycles. The molecule has 3 aromatic rings. The fourth-order valence-corrected chi connectivity index (χ4v) is 3.40. The predicted octanol–water partition coefficient (Wildman–Crippen LogP) is 5.21. The van der Waals surface area contributed by atoms with Gasteiger partial charge in [0.2, 0.25) is 0 Å². The van der Waals surface area contributed by atoms with Crippen molar-refractivity contribution >= 4 is 23.4 Å². The van der Waals surface area contributed by atoms with E-state index in [1.807, 2.05) is 48.3 Å². The lowest BCUT2D eigenvalue weighted by Gasteiger charge is -2.18. The molecular formula is C20H19ClN2S. The summed E-state index contributed by atoms with van der Waals surface area (Å²) in [6, 6.07) is 24.6. The molecule has 24 heavy (non-hydrogen) atoms. The van der Waals surface area contributed by atoms with Gasteiger partial charge < -0.3 is 5.32 Å². The van der Waals surface area contributed by atoms with Crippen LogP contribution in [0.4, 0.5) is 0 Å². The van der Waals surface area contributed by atoms with Gasteiger partial charge in [-0.1, -0.05) is 48.0 Å². The third-order valence-corrected chi connectivity index (χ3v) is 4.92. The monoisotopic (exact) mass is 354 g/mol. The average Bonchev–Trinajstić information content (AvgIpc) is 2.65. The maximum Gasteiger partial charge on any atom is 0.0751 e. The Morgan fingerprint density at radius 1 is 0.917 bits per heavy atom. The molecule has 1 unspecified atom stereocenters. The Kier molecular flexibility index (Phi) is 6.30. The van der Waals surface area contributed by atoms with Crippen LogP contribution >= 0.6 is 23.4 Å². The molecule has 1 aromatic heterocycles. The summed E-state index contributed by atoms with van der Waals surface area (Å²) in [6.45, 7) is 0.892. The van der Waals surface area contributed by atoms with Crippen LogP contribution in [-0.2, 0) is 0 Å². The lowest BCUT2D eigenvalue weighted by atomic mass is 10.0. The molecule has 4 heteroatoms. The minimum absolute atomic E-state index is 0.109. The van der Waals surface area contributed by atoms with Crippen LogP contribution < -0.4 is 5.32 Å². The van der Waals surface area contributed by atoms with Crippen LogP contribution in [0.15, 0.2) is 83.9 Å². The number of hydrogen-bond acceptors (Lipinski definition) is 3. The van der Waals surface area contributed by atoms with Gasteiger partial charge in [-0.2, -0.15) is 0 Å². The Morgan fingerprint density at radius 2 is 1.67 bits per heavy atom. The van der Waals surface area contributed by atoms with Crippen molar-refractivity contribution in [2.24, 2.45) is 0 Å². The van der Waals surface area contributed by atoms with Gasteiger partial charge in [0.25, 0.3) is 0 Å². The maximum absolute atomic E-state index is 5.92. The van der Waals surface area contributed by atoms with Crippen LogP contribution in [-0.4, -0.2) is 17.3 Å². The molecule has 0 radical (unpaired) electrons. The van der Waals surface area contributed by atoms with Gasteiger partial charge >= 0.3 is 0 Å². The van der Waals surface area contributed by atoms with Gasteiger partial charge in [0.1, 0.15) is 0 Å². The molecule has 0 aliphatic rings. The standard InChI is InChI=1S/C20H19ClN2S/c21-17-9-11-18(12-10-17)24-15-14-23-20(16-6-2-1-3-7-16)19-8-4-5-13-22-19/h1-13,20,23H,14-15H2. The Morgan fingerprint density at radius 3 is 2.38 bits per heavy atom. The van der Waals surface area contributed by atoms with E-state index in [0.717, 1.165) is 23.0 Å².